The van der Waals surface area contributed by atoms with E-state index in [1.54, 1.807) is 6.08 Å². The second kappa shape index (κ2) is 24.1. The van der Waals surface area contributed by atoms with Gasteiger partial charge in [0, 0.05) is 31.6 Å². The summed E-state index contributed by atoms with van der Waals surface area (Å²) >= 11 is 0. The van der Waals surface area contributed by atoms with Gasteiger partial charge in [0.15, 0.2) is 15.6 Å². The largest absolute Gasteiger partial charge is 0.298 e. The number of carbonyl (C=O) groups excluding carboxylic acids is 2. The van der Waals surface area contributed by atoms with Crippen molar-refractivity contribution < 1.29 is 26.4 Å². The Kier molecular flexibility index (Phi) is 18.7. The number of ketones is 1. The first kappa shape index (κ1) is 51.1. The fourth-order valence-corrected chi connectivity index (χ4v) is 12.1. The highest BCUT2D eigenvalue weighted by molar-refractivity contribution is 7.92. The Balaban J connectivity index is 0.000000182. The van der Waals surface area contributed by atoms with Crippen LogP contribution >= 0.6 is 0 Å². The molecule has 0 spiro atoms. The maximum atomic E-state index is 12.9. The lowest BCUT2D eigenvalue weighted by Gasteiger charge is -2.26. The number of hydrogen-bond acceptors (Lipinski definition) is 9. The van der Waals surface area contributed by atoms with Gasteiger partial charge in [-0.3, -0.25) is 14.6 Å². The number of fused-ring (bicyclic) bond motifs is 4. The van der Waals surface area contributed by atoms with E-state index in [1.165, 1.54) is 74.0 Å². The van der Waals surface area contributed by atoms with E-state index in [1.807, 2.05) is 36.4 Å². The summed E-state index contributed by atoms with van der Waals surface area (Å²) in [7, 11) is -6.74. The predicted molar refractivity (Wildman–Crippen MR) is 267 cm³/mol. The van der Waals surface area contributed by atoms with E-state index in [2.05, 4.69) is 78.9 Å². The molecule has 0 heterocycles. The van der Waals surface area contributed by atoms with Gasteiger partial charge in [-0.05, 0) is 192 Å². The average molecular weight is 937 g/mol. The summed E-state index contributed by atoms with van der Waals surface area (Å²) in [5, 5.41) is 5.00. The van der Waals surface area contributed by atoms with Crippen molar-refractivity contribution in [2.24, 2.45) is 10.1 Å². The van der Waals surface area contributed by atoms with Crippen molar-refractivity contribution in [1.82, 2.24) is 9.80 Å². The summed E-state index contributed by atoms with van der Waals surface area (Å²) in [5.41, 5.74) is 15.6. The summed E-state index contributed by atoms with van der Waals surface area (Å²) in [6, 6.07) is 25.8. The van der Waals surface area contributed by atoms with Crippen LogP contribution in [0.3, 0.4) is 0 Å². The van der Waals surface area contributed by atoms with Gasteiger partial charge in [-0.1, -0.05) is 72.8 Å². The highest BCUT2D eigenvalue weighted by Crippen LogP contribution is 2.40. The molecule has 0 radical (unpaired) electrons. The number of isocyanates is 1. The van der Waals surface area contributed by atoms with E-state index >= 15 is 0 Å². The van der Waals surface area contributed by atoms with Crippen LogP contribution in [0.2, 0.25) is 0 Å². The lowest BCUT2D eigenvalue weighted by molar-refractivity contribution is -0.116. The summed E-state index contributed by atoms with van der Waals surface area (Å²) in [4.78, 5) is 31.9. The van der Waals surface area contributed by atoms with Gasteiger partial charge in [-0.2, -0.15) is 4.99 Å². The van der Waals surface area contributed by atoms with Gasteiger partial charge in [0.25, 0.3) is 0 Å². The Bertz CT molecular complexity index is 2470. The maximum absolute atomic E-state index is 12.9. The lowest BCUT2D eigenvalue weighted by Crippen LogP contribution is -2.32. The molecule has 0 amide bonds. The zero-order valence-electron chi connectivity index (χ0n) is 39.8. The number of hydrogen-bond donors (Lipinski definition) is 1. The van der Waals surface area contributed by atoms with Crippen molar-refractivity contribution in [3.05, 3.63) is 134 Å². The first-order valence-electron chi connectivity index (χ1n) is 24.3. The van der Waals surface area contributed by atoms with Crippen LogP contribution in [0.1, 0.15) is 127 Å². The molecular weight excluding hydrogens is 865 g/mol. The highest BCUT2D eigenvalue weighted by atomic mass is 32.2. The molecule has 0 bridgehead atoms. The molecule has 0 aromatic heterocycles. The number of nitrogens with zero attached hydrogens (tertiary/aromatic N) is 3. The smallest absolute Gasteiger partial charge is 0.240 e. The van der Waals surface area contributed by atoms with Crippen LogP contribution in [0, 0.1) is 0 Å². The number of rotatable bonds is 19. The first-order valence-corrected chi connectivity index (χ1v) is 27.8. The minimum absolute atomic E-state index is 0.0466. The standard InChI is InChI=1S/C28H37NO3S.C13H22N2O2S.C13H13NO/c1-21(2)29(19-22-9-4-3-5-10-22)15-8-16-33(31,32)20-25(30)18-28-26-13-6-11-23(26)17-24-12-7-14-27(24)28;1-12(2)15(9-6-10-18(14,16)17)11-13-7-4-3-5-8-13;15-8-14-13-11-5-1-3-9(11)7-10-4-2-6-12(10)13/h3-5,9-10,17,21H,6-8,11-16,18-20H2,1-2H3;3-5,7-8,12H,6,9-11H2,1-2H3,(H2,14,16,17);7H,1-6H2. The first-order chi connectivity index (χ1) is 31.6. The molecule has 0 atom stereocenters. The number of carbonyl (C=O) groups is 1. The van der Waals surface area contributed by atoms with E-state index in [-0.39, 0.29) is 29.5 Å². The number of sulfone groups is 1. The number of primary sulfonamides is 1. The SMILES string of the molecule is CC(C)N(CCCS(=O)(=O)CC(=O)Cc1c2c(cc3c1CCC3)CCC2)Cc1ccccc1.CC(C)N(CCCS(N)(=O)=O)Cc1ccccc1.O=C=Nc1c2c(cc3c1CCC3)CCC2. The van der Waals surface area contributed by atoms with Crippen molar-refractivity contribution in [1.29, 1.82) is 0 Å². The highest BCUT2D eigenvalue weighted by Gasteiger charge is 2.27. The van der Waals surface area contributed by atoms with Gasteiger partial charge in [0.1, 0.15) is 5.75 Å². The molecule has 0 saturated heterocycles. The topological polar surface area (TPSA) is 147 Å². The molecule has 8 rings (SSSR count). The Morgan fingerprint density at radius 3 is 1.44 bits per heavy atom. The summed E-state index contributed by atoms with van der Waals surface area (Å²) in [6.45, 7) is 11.6. The minimum atomic E-state index is -3.40. The van der Waals surface area contributed by atoms with Crippen LogP contribution in [0.15, 0.2) is 77.8 Å². The molecule has 0 fully saturated rings. The van der Waals surface area contributed by atoms with Crippen molar-refractivity contribution in [2.75, 3.05) is 30.3 Å². The monoisotopic (exact) mass is 936 g/mol. The Morgan fingerprint density at radius 2 is 1.03 bits per heavy atom. The van der Waals surface area contributed by atoms with E-state index in [0.717, 1.165) is 89.5 Å². The number of benzene rings is 4. The molecule has 4 aromatic carbocycles. The van der Waals surface area contributed by atoms with Gasteiger partial charge in [-0.25, -0.2) is 26.8 Å². The second-order valence-corrected chi connectivity index (χ2v) is 23.1. The number of aliphatic imine (C=N–C) groups is 1. The van der Waals surface area contributed by atoms with E-state index in [0.29, 0.717) is 31.5 Å². The second-order valence-electron chi connectivity index (χ2n) is 19.2. The zero-order chi connectivity index (χ0) is 47.3. The fourth-order valence-electron chi connectivity index (χ4n) is 10.3. The van der Waals surface area contributed by atoms with Crippen molar-refractivity contribution in [3.63, 3.8) is 0 Å². The van der Waals surface area contributed by atoms with Crippen LogP contribution in [-0.2, 0) is 100 Å². The fraction of sp³-hybridized carbons (Fsp3) is 0.519. The third-order valence-corrected chi connectivity index (χ3v) is 16.2. The van der Waals surface area contributed by atoms with Crippen molar-refractivity contribution >= 4 is 37.4 Å². The van der Waals surface area contributed by atoms with Gasteiger partial charge >= 0.3 is 0 Å². The number of aryl methyl sites for hydroxylation is 4. The number of sulfonamides is 1. The molecule has 12 heteroatoms. The Morgan fingerprint density at radius 1 is 0.621 bits per heavy atom. The van der Waals surface area contributed by atoms with Crippen LogP contribution in [0.4, 0.5) is 5.69 Å². The molecule has 66 heavy (non-hydrogen) atoms. The number of nitrogens with two attached hydrogens (primary N) is 1. The quantitative estimate of drug-likeness (QED) is 0.0726. The number of Topliss-reactive ketones (excluding diaryl/α,β-unsaturated/α-hetero) is 1. The molecular formula is C54H72N4O6S2. The summed E-state index contributed by atoms with van der Waals surface area (Å²) in [6.07, 6.45) is 16.6. The molecule has 0 aliphatic heterocycles. The minimum Gasteiger partial charge on any atom is -0.298 e. The predicted octanol–water partition coefficient (Wildman–Crippen LogP) is 8.70. The normalized spacial score (nSPS) is 14.9. The van der Waals surface area contributed by atoms with Crippen LogP contribution in [0.25, 0.3) is 0 Å². The molecule has 2 N–H and O–H groups in total. The van der Waals surface area contributed by atoms with Crippen molar-refractivity contribution in [2.45, 2.75) is 149 Å². The summed E-state index contributed by atoms with van der Waals surface area (Å²) < 4.78 is 47.3. The average Bonchev–Trinajstić information content (AvgIpc) is 4.12. The molecule has 10 nitrogen and oxygen atoms in total. The van der Waals surface area contributed by atoms with Crippen LogP contribution < -0.4 is 5.14 Å². The van der Waals surface area contributed by atoms with E-state index in [9.17, 15) is 26.4 Å². The van der Waals surface area contributed by atoms with Gasteiger partial charge < -0.3 is 0 Å². The third-order valence-electron chi connectivity index (χ3n) is 13.6. The molecule has 4 aliphatic carbocycles. The zero-order valence-corrected chi connectivity index (χ0v) is 41.5. The Labute approximate surface area is 395 Å². The van der Waals surface area contributed by atoms with Gasteiger partial charge in [0.2, 0.25) is 16.1 Å². The lowest BCUT2D eigenvalue weighted by atomic mass is 9.91. The van der Waals surface area contributed by atoms with Crippen LogP contribution in [-0.4, -0.2) is 80.9 Å². The maximum Gasteiger partial charge on any atom is 0.240 e. The molecule has 0 unspecified atom stereocenters. The molecule has 4 aromatic rings. The van der Waals surface area contributed by atoms with Crippen molar-refractivity contribution in [3.8, 4) is 0 Å². The Hall–Kier alpha value is -4.29. The van der Waals surface area contributed by atoms with Crippen LogP contribution in [0.5, 0.6) is 0 Å². The molecule has 4 aliphatic rings. The third kappa shape index (κ3) is 14.9. The molecule has 0 saturated carbocycles. The van der Waals surface area contributed by atoms with E-state index < -0.39 is 19.9 Å². The summed E-state index contributed by atoms with van der Waals surface area (Å²) in [5.74, 6) is -0.354. The van der Waals surface area contributed by atoms with E-state index in [4.69, 9.17) is 5.14 Å². The molecule has 356 valence electrons. The van der Waals surface area contributed by atoms with Gasteiger partial charge in [-0.15, -0.1) is 0 Å². The van der Waals surface area contributed by atoms with Gasteiger partial charge in [0.05, 0.1) is 17.2 Å².